The molecule has 0 atom stereocenters. The molecule has 0 N–H and O–H groups in total. The fourth-order valence-corrected chi connectivity index (χ4v) is 4.30. The maximum Gasteiger partial charge on any atom is 0.291 e. The predicted molar refractivity (Wildman–Crippen MR) is 132 cm³/mol. The zero-order chi connectivity index (χ0) is 22.5. The number of aromatic nitrogens is 3. The second kappa shape index (κ2) is 9.96. The van der Waals surface area contributed by atoms with Crippen molar-refractivity contribution in [1.82, 2.24) is 14.6 Å². The van der Waals surface area contributed by atoms with Crippen LogP contribution in [-0.2, 0) is 0 Å². The van der Waals surface area contributed by atoms with E-state index in [2.05, 4.69) is 17.0 Å². The number of hydrogen-bond donors (Lipinski definition) is 0. The van der Waals surface area contributed by atoms with Crippen molar-refractivity contribution in [3.8, 4) is 17.1 Å². The molecular formula is C25H28N4O2S. The molecule has 4 aromatic rings. The molecule has 0 unspecified atom stereocenters. The van der Waals surface area contributed by atoms with E-state index in [1.165, 1.54) is 35.1 Å². The van der Waals surface area contributed by atoms with Crippen LogP contribution in [0.4, 0.5) is 5.69 Å². The molecule has 0 saturated heterocycles. The predicted octanol–water partition coefficient (Wildman–Crippen LogP) is 4.39. The van der Waals surface area contributed by atoms with Crippen LogP contribution in [0.2, 0.25) is 0 Å². The Morgan fingerprint density at radius 3 is 2.44 bits per heavy atom. The zero-order valence-electron chi connectivity index (χ0n) is 18.7. The average Bonchev–Trinajstić information content (AvgIpc) is 3.34. The van der Waals surface area contributed by atoms with Crippen molar-refractivity contribution in [1.29, 1.82) is 0 Å². The van der Waals surface area contributed by atoms with Crippen LogP contribution in [-0.4, -0.2) is 35.3 Å². The number of ether oxygens (including phenoxy) is 1. The van der Waals surface area contributed by atoms with Gasteiger partial charge in [-0.25, -0.2) is 0 Å². The fourth-order valence-electron chi connectivity index (χ4n) is 3.40. The Morgan fingerprint density at radius 2 is 1.78 bits per heavy atom. The van der Waals surface area contributed by atoms with Crippen molar-refractivity contribution in [2.24, 2.45) is 0 Å². The standard InChI is InChI=1S/C25H28N4O2S/c1-4-5-6-7-16-31-21-14-10-19(11-15-21)23-26-25-29(27-23)24(30)22(32-25)17-18-8-12-20(13-9-18)28(2)3/h8-15,17H,4-7,16H2,1-3H3. The topological polar surface area (TPSA) is 59.7 Å². The first-order chi connectivity index (χ1) is 15.5. The lowest BCUT2D eigenvalue weighted by atomic mass is 10.2. The molecule has 2 aromatic heterocycles. The van der Waals surface area contributed by atoms with Gasteiger partial charge in [0.2, 0.25) is 4.96 Å². The lowest BCUT2D eigenvalue weighted by Crippen LogP contribution is -2.23. The van der Waals surface area contributed by atoms with Crippen molar-refractivity contribution in [3.05, 3.63) is 69.0 Å². The molecule has 0 bridgehead atoms. The Kier molecular flexibility index (Phi) is 6.85. The van der Waals surface area contributed by atoms with Crippen molar-refractivity contribution < 1.29 is 4.74 Å². The quantitative estimate of drug-likeness (QED) is 0.356. The number of hydrogen-bond acceptors (Lipinski definition) is 6. The highest BCUT2D eigenvalue weighted by atomic mass is 32.1. The smallest absolute Gasteiger partial charge is 0.291 e. The van der Waals surface area contributed by atoms with Crippen LogP contribution >= 0.6 is 11.3 Å². The summed E-state index contributed by atoms with van der Waals surface area (Å²) in [4.78, 5) is 20.0. The van der Waals surface area contributed by atoms with Crippen LogP contribution in [0.1, 0.15) is 38.2 Å². The highest BCUT2D eigenvalue weighted by Gasteiger charge is 2.12. The summed E-state index contributed by atoms with van der Waals surface area (Å²) in [6.07, 6.45) is 6.62. The third-order valence-electron chi connectivity index (χ3n) is 5.27. The van der Waals surface area contributed by atoms with Gasteiger partial charge in [0.05, 0.1) is 11.1 Å². The third kappa shape index (κ3) is 4.99. The van der Waals surface area contributed by atoms with E-state index >= 15 is 0 Å². The Balaban J connectivity index is 1.49. The average molecular weight is 449 g/mol. The Labute approximate surface area is 191 Å². The highest BCUT2D eigenvalue weighted by Crippen LogP contribution is 2.21. The number of fused-ring (bicyclic) bond motifs is 1. The summed E-state index contributed by atoms with van der Waals surface area (Å²) in [7, 11) is 4.00. The largest absolute Gasteiger partial charge is 0.494 e. The Hall–Kier alpha value is -3.19. The fraction of sp³-hybridized carbons (Fsp3) is 0.320. The lowest BCUT2D eigenvalue weighted by Gasteiger charge is -2.11. The molecule has 0 radical (unpaired) electrons. The Bertz CT molecular complexity index is 1270. The normalized spacial score (nSPS) is 11.9. The molecule has 0 aliphatic heterocycles. The number of benzene rings is 2. The number of anilines is 1. The maximum atomic E-state index is 12.8. The molecule has 32 heavy (non-hydrogen) atoms. The van der Waals surface area contributed by atoms with Gasteiger partial charge in [-0.15, -0.1) is 5.10 Å². The van der Waals surface area contributed by atoms with Crippen LogP contribution in [0.3, 0.4) is 0 Å². The van der Waals surface area contributed by atoms with Crippen molar-refractivity contribution in [3.63, 3.8) is 0 Å². The molecule has 166 valence electrons. The van der Waals surface area contributed by atoms with Gasteiger partial charge in [-0.1, -0.05) is 49.7 Å². The van der Waals surface area contributed by atoms with E-state index < -0.39 is 0 Å². The second-order valence-electron chi connectivity index (χ2n) is 7.97. The molecule has 0 spiro atoms. The summed E-state index contributed by atoms with van der Waals surface area (Å²) in [5, 5.41) is 4.44. The highest BCUT2D eigenvalue weighted by molar-refractivity contribution is 7.15. The van der Waals surface area contributed by atoms with Gasteiger partial charge in [0.1, 0.15) is 5.75 Å². The van der Waals surface area contributed by atoms with Gasteiger partial charge >= 0.3 is 0 Å². The summed E-state index contributed by atoms with van der Waals surface area (Å²) >= 11 is 1.35. The van der Waals surface area contributed by atoms with Crippen molar-refractivity contribution >= 4 is 28.1 Å². The second-order valence-corrected chi connectivity index (χ2v) is 8.97. The van der Waals surface area contributed by atoms with E-state index in [1.807, 2.05) is 73.6 Å². The summed E-state index contributed by atoms with van der Waals surface area (Å²) in [6.45, 7) is 2.93. The van der Waals surface area contributed by atoms with Gasteiger partial charge < -0.3 is 9.64 Å². The minimum Gasteiger partial charge on any atom is -0.494 e. The summed E-state index contributed by atoms with van der Waals surface area (Å²) in [5.74, 6) is 1.39. The first-order valence-electron chi connectivity index (χ1n) is 11.0. The minimum absolute atomic E-state index is 0.146. The van der Waals surface area contributed by atoms with E-state index in [4.69, 9.17) is 4.74 Å². The number of thiazole rings is 1. The first kappa shape index (κ1) is 22.0. The van der Waals surface area contributed by atoms with Crippen LogP contribution < -0.4 is 19.7 Å². The van der Waals surface area contributed by atoms with E-state index in [0.717, 1.165) is 35.6 Å². The molecular weight excluding hydrogens is 420 g/mol. The maximum absolute atomic E-state index is 12.8. The molecule has 4 rings (SSSR count). The molecule has 6 nitrogen and oxygen atoms in total. The van der Waals surface area contributed by atoms with Crippen LogP contribution in [0.15, 0.2) is 53.3 Å². The number of rotatable bonds is 9. The summed E-state index contributed by atoms with van der Waals surface area (Å²) in [5.41, 5.74) is 2.81. The Morgan fingerprint density at radius 1 is 1.03 bits per heavy atom. The lowest BCUT2D eigenvalue weighted by molar-refractivity contribution is 0.305. The van der Waals surface area contributed by atoms with Gasteiger partial charge in [-0.3, -0.25) is 4.79 Å². The number of nitrogens with zero attached hydrogens (tertiary/aromatic N) is 4. The van der Waals surface area contributed by atoms with E-state index in [1.54, 1.807) is 0 Å². The van der Waals surface area contributed by atoms with Crippen molar-refractivity contribution in [2.75, 3.05) is 25.6 Å². The molecule has 0 saturated carbocycles. The minimum atomic E-state index is -0.146. The van der Waals surface area contributed by atoms with Gasteiger partial charge in [0.15, 0.2) is 5.82 Å². The SMILES string of the molecule is CCCCCCOc1ccc(-c2nc3sc(=Cc4ccc(N(C)C)cc4)c(=O)n3n2)cc1. The first-order valence-corrected chi connectivity index (χ1v) is 11.8. The van der Waals surface area contributed by atoms with Crippen molar-refractivity contribution in [2.45, 2.75) is 32.6 Å². The van der Waals surface area contributed by atoms with E-state index in [0.29, 0.717) is 15.3 Å². The monoisotopic (exact) mass is 448 g/mol. The van der Waals surface area contributed by atoms with Gasteiger partial charge in [0.25, 0.3) is 5.56 Å². The van der Waals surface area contributed by atoms with Crippen LogP contribution in [0.5, 0.6) is 5.75 Å². The molecule has 0 amide bonds. The molecule has 0 aliphatic rings. The summed E-state index contributed by atoms with van der Waals surface area (Å²) < 4.78 is 7.81. The molecule has 7 heteroatoms. The van der Waals surface area contributed by atoms with Crippen LogP contribution in [0, 0.1) is 0 Å². The molecule has 0 aliphatic carbocycles. The zero-order valence-corrected chi connectivity index (χ0v) is 19.6. The summed E-state index contributed by atoms with van der Waals surface area (Å²) in [6, 6.07) is 15.8. The van der Waals surface area contributed by atoms with E-state index in [-0.39, 0.29) is 5.56 Å². The third-order valence-corrected chi connectivity index (χ3v) is 6.23. The van der Waals surface area contributed by atoms with E-state index in [9.17, 15) is 4.79 Å². The van der Waals surface area contributed by atoms with Gasteiger partial charge in [-0.05, 0) is 54.5 Å². The number of unbranched alkanes of at least 4 members (excludes halogenated alkanes) is 3. The van der Waals surface area contributed by atoms with Gasteiger partial charge in [-0.2, -0.15) is 9.50 Å². The molecule has 2 heterocycles. The van der Waals surface area contributed by atoms with Crippen LogP contribution in [0.25, 0.3) is 22.4 Å². The molecule has 0 fully saturated rings. The molecule has 2 aromatic carbocycles. The van der Waals surface area contributed by atoms with Gasteiger partial charge in [0, 0.05) is 25.3 Å².